The van der Waals surface area contributed by atoms with Gasteiger partial charge in [0, 0.05) is 23.5 Å². The third kappa shape index (κ3) is 2.21. The molecule has 17 heavy (non-hydrogen) atoms. The number of aromatic amines is 1. The smallest absolute Gasteiger partial charge is 0.252 e. The van der Waals surface area contributed by atoms with E-state index in [0.717, 1.165) is 10.9 Å². The Labute approximate surface area is 104 Å². The molecule has 0 unspecified atom stereocenters. The average molecular weight is 249 g/mol. The van der Waals surface area contributed by atoms with Crippen molar-refractivity contribution in [2.45, 2.75) is 25.4 Å². The Bertz CT molecular complexity index is 616. The van der Waals surface area contributed by atoms with E-state index in [2.05, 4.69) is 10.3 Å². The summed E-state index contributed by atoms with van der Waals surface area (Å²) >= 11 is 6.03. The Balaban J connectivity index is 2.01. The van der Waals surface area contributed by atoms with Crippen molar-refractivity contribution in [1.29, 1.82) is 0 Å². The summed E-state index contributed by atoms with van der Waals surface area (Å²) in [4.78, 5) is 14.7. The second-order valence-electron chi connectivity index (χ2n) is 4.48. The summed E-state index contributed by atoms with van der Waals surface area (Å²) in [6, 6.07) is 8.14. The second-order valence-corrected chi connectivity index (χ2v) is 4.89. The van der Waals surface area contributed by atoms with Gasteiger partial charge in [0.25, 0.3) is 5.56 Å². The first-order valence-corrected chi connectivity index (χ1v) is 6.15. The maximum absolute atomic E-state index is 11.9. The lowest BCUT2D eigenvalue weighted by molar-refractivity contribution is 0.683. The predicted molar refractivity (Wildman–Crippen MR) is 69.4 cm³/mol. The summed E-state index contributed by atoms with van der Waals surface area (Å²) < 4.78 is 0. The molecule has 1 aromatic carbocycles. The number of benzene rings is 1. The highest BCUT2D eigenvalue weighted by Gasteiger charge is 2.20. The number of hydrogen-bond acceptors (Lipinski definition) is 2. The Morgan fingerprint density at radius 2 is 2.24 bits per heavy atom. The molecular formula is C13H13ClN2O. The van der Waals surface area contributed by atoms with E-state index in [-0.39, 0.29) is 5.56 Å². The van der Waals surface area contributed by atoms with Crippen LogP contribution in [0, 0.1) is 0 Å². The Morgan fingerprint density at radius 1 is 1.41 bits per heavy atom. The van der Waals surface area contributed by atoms with Crippen molar-refractivity contribution in [2.75, 3.05) is 0 Å². The van der Waals surface area contributed by atoms with E-state index in [4.69, 9.17) is 11.6 Å². The molecule has 3 rings (SSSR count). The fourth-order valence-electron chi connectivity index (χ4n) is 1.91. The van der Waals surface area contributed by atoms with Gasteiger partial charge in [0.2, 0.25) is 0 Å². The molecule has 1 aliphatic rings. The lowest BCUT2D eigenvalue weighted by atomic mass is 10.1. The molecule has 0 aliphatic heterocycles. The summed E-state index contributed by atoms with van der Waals surface area (Å²) in [5.74, 6) is 0. The van der Waals surface area contributed by atoms with Gasteiger partial charge >= 0.3 is 0 Å². The van der Waals surface area contributed by atoms with Crippen LogP contribution in [-0.4, -0.2) is 11.0 Å². The van der Waals surface area contributed by atoms with Crippen LogP contribution in [0.1, 0.15) is 18.4 Å². The number of hydrogen-bond donors (Lipinski definition) is 2. The van der Waals surface area contributed by atoms with Crippen LogP contribution in [0.15, 0.2) is 29.1 Å². The van der Waals surface area contributed by atoms with Crippen LogP contribution in [0.2, 0.25) is 5.02 Å². The van der Waals surface area contributed by atoms with Crippen molar-refractivity contribution in [2.24, 2.45) is 0 Å². The van der Waals surface area contributed by atoms with E-state index in [0.29, 0.717) is 23.1 Å². The van der Waals surface area contributed by atoms with Gasteiger partial charge in [-0.15, -0.1) is 0 Å². The molecule has 1 fully saturated rings. The SMILES string of the molecule is O=c1[nH]c2c(Cl)cccc2cc1CNC1CC1. The van der Waals surface area contributed by atoms with Gasteiger partial charge in [-0.2, -0.15) is 0 Å². The maximum atomic E-state index is 11.9. The minimum atomic E-state index is -0.0567. The Kier molecular flexibility index (Phi) is 2.65. The molecule has 1 heterocycles. The number of H-pyrrole nitrogens is 1. The molecule has 0 bridgehead atoms. The van der Waals surface area contributed by atoms with Crippen LogP contribution in [-0.2, 0) is 6.54 Å². The molecule has 1 saturated carbocycles. The first-order chi connectivity index (χ1) is 8.24. The lowest BCUT2D eigenvalue weighted by Crippen LogP contribution is -2.22. The van der Waals surface area contributed by atoms with Crippen molar-refractivity contribution >= 4 is 22.5 Å². The first-order valence-electron chi connectivity index (χ1n) is 5.78. The van der Waals surface area contributed by atoms with Gasteiger partial charge in [-0.05, 0) is 25.0 Å². The predicted octanol–water partition coefficient (Wildman–Crippen LogP) is 2.43. The van der Waals surface area contributed by atoms with Crippen molar-refractivity contribution in [3.8, 4) is 0 Å². The molecule has 3 nitrogen and oxygen atoms in total. The zero-order valence-corrected chi connectivity index (χ0v) is 10.1. The van der Waals surface area contributed by atoms with Crippen molar-refractivity contribution in [3.05, 3.63) is 45.2 Å². The van der Waals surface area contributed by atoms with Crippen molar-refractivity contribution in [1.82, 2.24) is 10.3 Å². The molecule has 0 saturated heterocycles. The van der Waals surface area contributed by atoms with Crippen LogP contribution in [0.25, 0.3) is 10.9 Å². The largest absolute Gasteiger partial charge is 0.320 e. The minimum Gasteiger partial charge on any atom is -0.320 e. The van der Waals surface area contributed by atoms with E-state index in [1.807, 2.05) is 18.2 Å². The fraction of sp³-hybridized carbons (Fsp3) is 0.308. The van der Waals surface area contributed by atoms with E-state index in [9.17, 15) is 4.79 Å². The number of rotatable bonds is 3. The molecular weight excluding hydrogens is 236 g/mol. The zero-order chi connectivity index (χ0) is 11.8. The summed E-state index contributed by atoms with van der Waals surface area (Å²) in [5.41, 5.74) is 1.43. The highest BCUT2D eigenvalue weighted by atomic mass is 35.5. The third-order valence-corrected chi connectivity index (χ3v) is 3.38. The molecule has 1 aromatic heterocycles. The van der Waals surface area contributed by atoms with E-state index in [1.165, 1.54) is 12.8 Å². The minimum absolute atomic E-state index is 0.0567. The van der Waals surface area contributed by atoms with Crippen LogP contribution >= 0.6 is 11.6 Å². The molecule has 88 valence electrons. The molecule has 0 atom stereocenters. The van der Waals surface area contributed by atoms with Crippen LogP contribution in [0.5, 0.6) is 0 Å². The molecule has 0 radical (unpaired) electrons. The molecule has 1 aliphatic carbocycles. The Morgan fingerprint density at radius 3 is 3.00 bits per heavy atom. The molecule has 0 amide bonds. The van der Waals surface area contributed by atoms with Gasteiger partial charge in [0.15, 0.2) is 0 Å². The number of nitrogens with one attached hydrogen (secondary N) is 2. The summed E-state index contributed by atoms with van der Waals surface area (Å²) in [6.07, 6.45) is 2.44. The average Bonchev–Trinajstić information content (AvgIpc) is 3.12. The van der Waals surface area contributed by atoms with Gasteiger partial charge in [-0.1, -0.05) is 23.7 Å². The molecule has 2 N–H and O–H groups in total. The number of para-hydroxylation sites is 1. The van der Waals surface area contributed by atoms with Crippen LogP contribution in [0.4, 0.5) is 0 Å². The number of pyridine rings is 1. The standard InChI is InChI=1S/C13H13ClN2O/c14-11-3-1-2-8-6-9(7-15-10-4-5-10)13(17)16-12(8)11/h1-3,6,10,15H,4-5,7H2,(H,16,17). The number of fused-ring (bicyclic) bond motifs is 1. The van der Waals surface area contributed by atoms with E-state index in [1.54, 1.807) is 6.07 Å². The van der Waals surface area contributed by atoms with Gasteiger partial charge in [0.1, 0.15) is 0 Å². The van der Waals surface area contributed by atoms with Gasteiger partial charge in [0.05, 0.1) is 10.5 Å². The van der Waals surface area contributed by atoms with Crippen molar-refractivity contribution < 1.29 is 0 Å². The summed E-state index contributed by atoms with van der Waals surface area (Å²) in [6.45, 7) is 0.627. The highest BCUT2D eigenvalue weighted by molar-refractivity contribution is 6.35. The van der Waals surface area contributed by atoms with Crippen LogP contribution in [0.3, 0.4) is 0 Å². The normalized spacial score (nSPS) is 15.4. The Hall–Kier alpha value is -1.32. The lowest BCUT2D eigenvalue weighted by Gasteiger charge is -2.05. The quantitative estimate of drug-likeness (QED) is 0.876. The summed E-state index contributed by atoms with van der Waals surface area (Å²) in [7, 11) is 0. The highest BCUT2D eigenvalue weighted by Crippen LogP contribution is 2.21. The third-order valence-electron chi connectivity index (χ3n) is 3.06. The molecule has 2 aromatic rings. The molecule has 0 spiro atoms. The topological polar surface area (TPSA) is 44.9 Å². The van der Waals surface area contributed by atoms with Crippen LogP contribution < -0.4 is 10.9 Å². The monoisotopic (exact) mass is 248 g/mol. The van der Waals surface area contributed by atoms with Crippen molar-refractivity contribution in [3.63, 3.8) is 0 Å². The first kappa shape index (κ1) is 10.8. The number of aromatic nitrogens is 1. The zero-order valence-electron chi connectivity index (χ0n) is 9.29. The summed E-state index contributed by atoms with van der Waals surface area (Å²) in [5, 5.41) is 4.90. The van der Waals surface area contributed by atoms with E-state index < -0.39 is 0 Å². The van der Waals surface area contributed by atoms with E-state index >= 15 is 0 Å². The van der Waals surface area contributed by atoms with Gasteiger partial charge in [-0.3, -0.25) is 4.79 Å². The fourth-order valence-corrected chi connectivity index (χ4v) is 2.14. The number of halogens is 1. The second kappa shape index (κ2) is 4.17. The maximum Gasteiger partial charge on any atom is 0.252 e. The van der Waals surface area contributed by atoms with Gasteiger partial charge < -0.3 is 10.3 Å². The van der Waals surface area contributed by atoms with Gasteiger partial charge in [-0.25, -0.2) is 0 Å². The molecule has 4 heteroatoms.